The Balaban J connectivity index is 0.000000360. The van der Waals surface area contributed by atoms with Crippen LogP contribution in [0.5, 0.6) is 0 Å². The van der Waals surface area contributed by atoms with Gasteiger partial charge in [0, 0.05) is 24.2 Å². The molecule has 1 unspecified atom stereocenters. The lowest BCUT2D eigenvalue weighted by Gasteiger charge is -2.33. The van der Waals surface area contributed by atoms with Crippen molar-refractivity contribution in [3.05, 3.63) is 40.8 Å². The summed E-state index contributed by atoms with van der Waals surface area (Å²) in [6.07, 6.45) is -1.77. The number of halogens is 4. The van der Waals surface area contributed by atoms with Gasteiger partial charge >= 0.3 is 18.2 Å². The van der Waals surface area contributed by atoms with Gasteiger partial charge in [0.15, 0.2) is 0 Å². The Morgan fingerprint density at radius 2 is 1.75 bits per heavy atom. The van der Waals surface area contributed by atoms with Crippen LogP contribution in [0.2, 0.25) is 0 Å². The van der Waals surface area contributed by atoms with Crippen LogP contribution in [-0.2, 0) is 4.79 Å². The average molecular weight is 474 g/mol. The summed E-state index contributed by atoms with van der Waals surface area (Å²) in [6, 6.07) is 7.35. The first-order chi connectivity index (χ1) is 15.0. The summed E-state index contributed by atoms with van der Waals surface area (Å²) >= 11 is 1.54. The van der Waals surface area contributed by atoms with Crippen LogP contribution in [-0.4, -0.2) is 47.1 Å². The van der Waals surface area contributed by atoms with Gasteiger partial charge in [-0.2, -0.15) is 24.5 Å². The number of carboxylic acid groups (broad SMARTS) is 2. The maximum absolute atomic E-state index is 13.9. The Hall–Kier alpha value is -2.66. The summed E-state index contributed by atoms with van der Waals surface area (Å²) in [5, 5.41) is 24.4. The van der Waals surface area contributed by atoms with Crippen molar-refractivity contribution in [1.82, 2.24) is 5.32 Å². The summed E-state index contributed by atoms with van der Waals surface area (Å²) in [4.78, 5) is 22.2. The smallest absolute Gasteiger partial charge is 0.475 e. The van der Waals surface area contributed by atoms with Crippen LogP contribution in [0.4, 0.5) is 28.0 Å². The molecule has 2 saturated heterocycles. The van der Waals surface area contributed by atoms with E-state index in [0.717, 1.165) is 24.0 Å². The number of benzene rings is 1. The first-order valence-corrected chi connectivity index (χ1v) is 10.9. The Bertz CT molecular complexity index is 940. The zero-order valence-electron chi connectivity index (χ0n) is 16.8. The van der Waals surface area contributed by atoms with E-state index in [2.05, 4.69) is 5.32 Å². The molecular weight excluding hydrogens is 452 g/mol. The van der Waals surface area contributed by atoms with Crippen molar-refractivity contribution in [1.29, 1.82) is 0 Å². The second-order valence-electron chi connectivity index (χ2n) is 7.84. The Morgan fingerprint density at radius 1 is 1.12 bits per heavy atom. The quantitative estimate of drug-likeness (QED) is 0.530. The van der Waals surface area contributed by atoms with Crippen molar-refractivity contribution in [2.45, 2.75) is 43.9 Å². The molecule has 6 nitrogen and oxygen atoms in total. The number of thiophene rings is 1. The maximum atomic E-state index is 13.9. The maximum Gasteiger partial charge on any atom is 0.490 e. The van der Waals surface area contributed by atoms with Crippen molar-refractivity contribution < 1.29 is 37.4 Å². The predicted molar refractivity (Wildman–Crippen MR) is 111 cm³/mol. The van der Waals surface area contributed by atoms with Gasteiger partial charge in [0.25, 0.3) is 0 Å². The summed E-state index contributed by atoms with van der Waals surface area (Å²) in [6.45, 7) is 0.421. The van der Waals surface area contributed by atoms with E-state index in [0.29, 0.717) is 30.2 Å². The lowest BCUT2D eigenvalue weighted by Crippen LogP contribution is -2.43. The Morgan fingerprint density at radius 3 is 2.25 bits per heavy atom. The summed E-state index contributed by atoms with van der Waals surface area (Å²) in [7, 11) is 0. The molecule has 0 radical (unpaired) electrons. The first-order valence-electron chi connectivity index (χ1n) is 9.93. The molecule has 2 fully saturated rings. The monoisotopic (exact) mass is 474 g/mol. The zero-order valence-corrected chi connectivity index (χ0v) is 17.6. The lowest BCUT2D eigenvalue weighted by atomic mass is 9.91. The van der Waals surface area contributed by atoms with Crippen LogP contribution in [0.1, 0.15) is 25.7 Å². The third-order valence-corrected chi connectivity index (χ3v) is 6.25. The van der Waals surface area contributed by atoms with Crippen molar-refractivity contribution in [2.24, 2.45) is 5.92 Å². The fourth-order valence-electron chi connectivity index (χ4n) is 4.25. The van der Waals surface area contributed by atoms with E-state index in [1.807, 2.05) is 16.8 Å². The highest BCUT2D eigenvalue weighted by molar-refractivity contribution is 7.08. The summed E-state index contributed by atoms with van der Waals surface area (Å²) in [5.41, 5.74) is 2.13. The molecule has 1 amide bonds. The largest absolute Gasteiger partial charge is 0.490 e. The highest BCUT2D eigenvalue weighted by Gasteiger charge is 2.38. The second kappa shape index (κ2) is 9.86. The van der Waals surface area contributed by atoms with Crippen LogP contribution >= 0.6 is 11.3 Å². The second-order valence-corrected chi connectivity index (χ2v) is 8.62. The van der Waals surface area contributed by atoms with Crippen molar-refractivity contribution in [2.75, 3.05) is 11.4 Å². The minimum atomic E-state index is -5.08. The molecule has 2 aliphatic rings. The molecular formula is C21H22F4N2O4S. The fraction of sp³-hybridized carbons (Fsp3) is 0.429. The molecule has 3 atom stereocenters. The van der Waals surface area contributed by atoms with Gasteiger partial charge in [-0.25, -0.2) is 14.0 Å². The van der Waals surface area contributed by atoms with E-state index in [9.17, 15) is 27.5 Å². The van der Waals surface area contributed by atoms with Gasteiger partial charge in [-0.15, -0.1) is 0 Å². The molecule has 2 aromatic rings. The molecule has 3 heterocycles. The minimum Gasteiger partial charge on any atom is -0.475 e. The van der Waals surface area contributed by atoms with E-state index in [1.54, 1.807) is 17.4 Å². The molecule has 2 bridgehead atoms. The average Bonchev–Trinajstić information content (AvgIpc) is 3.35. The zero-order chi connectivity index (χ0) is 23.5. The highest BCUT2D eigenvalue weighted by Crippen LogP contribution is 2.36. The van der Waals surface area contributed by atoms with Crippen molar-refractivity contribution >= 4 is 29.1 Å². The van der Waals surface area contributed by atoms with Crippen LogP contribution in [0.25, 0.3) is 11.1 Å². The Labute approximate surface area is 185 Å². The number of hydrogen-bond donors (Lipinski definition) is 3. The van der Waals surface area contributed by atoms with Crippen molar-refractivity contribution in [3.8, 4) is 11.1 Å². The number of anilines is 1. The van der Waals surface area contributed by atoms with Gasteiger partial charge in [-0.05, 0) is 72.2 Å². The van der Waals surface area contributed by atoms with E-state index < -0.39 is 24.1 Å². The number of piperidine rings is 1. The van der Waals surface area contributed by atoms with E-state index in [1.165, 1.54) is 29.9 Å². The van der Waals surface area contributed by atoms with Crippen LogP contribution in [0.3, 0.4) is 0 Å². The molecule has 1 aromatic heterocycles. The number of hydrogen-bond acceptors (Lipinski definition) is 4. The molecule has 0 aliphatic carbocycles. The van der Waals surface area contributed by atoms with Gasteiger partial charge < -0.3 is 15.5 Å². The van der Waals surface area contributed by atoms with Gasteiger partial charge in [-0.1, -0.05) is 0 Å². The molecule has 174 valence electrons. The number of rotatable bonds is 4. The summed E-state index contributed by atoms with van der Waals surface area (Å²) < 4.78 is 45.6. The van der Waals surface area contributed by atoms with Gasteiger partial charge in [0.2, 0.25) is 0 Å². The minimum absolute atomic E-state index is 0.313. The predicted octanol–water partition coefficient (Wildman–Crippen LogP) is 5.20. The normalized spacial score (nSPS) is 22.1. The standard InChI is InChI=1S/C19H21FN2O2S.C2HF3O2/c20-14-1-4-17(13-5-6-25-11-13)18(9-14)22(19(23)24)10-12-7-15-2-3-16(8-12)21-15;3-2(4,5)1(6)7/h1,4-6,9,11-12,15-16,21H,2-3,7-8,10H2,(H,23,24);(H,6,7)/t12?,15-,16+;. The van der Waals surface area contributed by atoms with E-state index in [4.69, 9.17) is 9.90 Å². The third-order valence-electron chi connectivity index (χ3n) is 5.57. The third kappa shape index (κ3) is 5.98. The molecule has 0 saturated carbocycles. The SMILES string of the molecule is O=C(O)C(F)(F)F.O=C(O)N(CC1C[C@H]2CC[C@@H](C1)N2)c1cc(F)ccc1-c1ccsc1. The van der Waals surface area contributed by atoms with Gasteiger partial charge in [0.1, 0.15) is 5.82 Å². The molecule has 1 aromatic carbocycles. The molecule has 2 aliphatic heterocycles. The van der Waals surface area contributed by atoms with Gasteiger partial charge in [0.05, 0.1) is 5.69 Å². The molecule has 0 spiro atoms. The number of nitrogens with one attached hydrogen (secondary N) is 1. The van der Waals surface area contributed by atoms with Gasteiger partial charge in [-0.3, -0.25) is 4.90 Å². The van der Waals surface area contributed by atoms with Crippen molar-refractivity contribution in [3.63, 3.8) is 0 Å². The van der Waals surface area contributed by atoms with E-state index in [-0.39, 0.29) is 0 Å². The molecule has 3 N–H and O–H groups in total. The van der Waals surface area contributed by atoms with Crippen LogP contribution < -0.4 is 10.2 Å². The number of amides is 1. The molecule has 4 rings (SSSR count). The topological polar surface area (TPSA) is 89.9 Å². The van der Waals surface area contributed by atoms with Crippen LogP contribution in [0, 0.1) is 11.7 Å². The van der Waals surface area contributed by atoms with E-state index >= 15 is 0 Å². The molecule has 32 heavy (non-hydrogen) atoms. The first kappa shape index (κ1) is 24.0. The van der Waals surface area contributed by atoms with Crippen LogP contribution in [0.15, 0.2) is 35.0 Å². The highest BCUT2D eigenvalue weighted by atomic mass is 32.1. The number of carbonyl (C=O) groups is 2. The Kier molecular flexibility index (Phi) is 7.40. The number of fused-ring (bicyclic) bond motifs is 2. The fourth-order valence-corrected chi connectivity index (χ4v) is 4.91. The number of nitrogens with zero attached hydrogens (tertiary/aromatic N) is 1. The number of alkyl halides is 3. The number of aliphatic carboxylic acids is 1. The summed E-state index contributed by atoms with van der Waals surface area (Å²) in [5.74, 6) is -2.86. The lowest BCUT2D eigenvalue weighted by molar-refractivity contribution is -0.192. The molecule has 11 heteroatoms. The number of carboxylic acids is 1.